The van der Waals surface area contributed by atoms with Gasteiger partial charge >= 0.3 is 5.97 Å². The largest absolute Gasteiger partial charge is 0.477 e. The summed E-state index contributed by atoms with van der Waals surface area (Å²) in [5.41, 5.74) is 11.3. The van der Waals surface area contributed by atoms with Gasteiger partial charge < -0.3 is 26.7 Å². The van der Waals surface area contributed by atoms with Crippen LogP contribution < -0.4 is 16.8 Å². The van der Waals surface area contributed by atoms with Crippen LogP contribution in [0.25, 0.3) is 0 Å². The number of carboxylic acid groups (broad SMARTS) is 1. The van der Waals surface area contributed by atoms with Crippen LogP contribution in [0.1, 0.15) is 18.2 Å². The molecule has 0 aromatic carbocycles. The van der Waals surface area contributed by atoms with Gasteiger partial charge in [0.15, 0.2) is 10.8 Å². The number of pyridine rings is 1. The Bertz CT molecular complexity index is 1470. The third-order valence-electron chi connectivity index (χ3n) is 5.84. The molecule has 19 heteroatoms. The van der Waals surface area contributed by atoms with E-state index < -0.39 is 48.2 Å². The Balaban J connectivity index is 1.50. The maximum Gasteiger partial charge on any atom is 0.353 e. The number of hydrogen-bond acceptors (Lipinski definition) is 13. The number of hydrogen-bond donors (Lipinski definition) is 4. The number of aliphatic carboxylic acids is 1. The van der Waals surface area contributed by atoms with E-state index in [1.54, 1.807) is 30.2 Å². The molecule has 4 heterocycles. The number of amides is 2. The normalized spacial score (nSPS) is 19.3. The fourth-order valence-corrected chi connectivity index (χ4v) is 8.54. The van der Waals surface area contributed by atoms with Gasteiger partial charge in [0.2, 0.25) is 0 Å². The van der Waals surface area contributed by atoms with Gasteiger partial charge in [-0.15, -0.1) is 11.8 Å². The maximum absolute atomic E-state index is 13.2. The second-order valence-corrected chi connectivity index (χ2v) is 13.7. The van der Waals surface area contributed by atoms with Crippen molar-refractivity contribution in [2.24, 2.45) is 15.9 Å². The fourth-order valence-electron chi connectivity index (χ4n) is 3.96. The van der Waals surface area contributed by atoms with Crippen molar-refractivity contribution in [2.45, 2.75) is 35.0 Å². The predicted molar refractivity (Wildman–Crippen MR) is 168 cm³/mol. The summed E-state index contributed by atoms with van der Waals surface area (Å²) in [6.07, 6.45) is 4.63. The molecule has 0 saturated carbocycles. The molecule has 4 rings (SSSR count). The minimum atomic E-state index is -1.27. The minimum absolute atomic E-state index is 0.0447. The fraction of sp³-hybridized carbons (Fsp3) is 0.375. The number of oxime groups is 1. The monoisotopic (exact) mass is 688 g/mol. The number of carbonyl (C=O) groups excluding carboxylic acids is 2. The zero-order valence-electron chi connectivity index (χ0n) is 22.4. The van der Waals surface area contributed by atoms with Crippen LogP contribution in [0.15, 0.2) is 44.1 Å². The molecule has 0 aliphatic carbocycles. The summed E-state index contributed by atoms with van der Waals surface area (Å²) < 4.78 is 12.6. The third-order valence-corrected chi connectivity index (χ3v) is 10.8. The van der Waals surface area contributed by atoms with Crippen molar-refractivity contribution in [3.05, 3.63) is 44.7 Å². The van der Waals surface area contributed by atoms with Crippen molar-refractivity contribution in [3.8, 4) is 0 Å². The molecular formula is C24H26ClFN8O5S4. The lowest BCUT2D eigenvalue weighted by Crippen LogP contribution is -2.71. The summed E-state index contributed by atoms with van der Waals surface area (Å²) >= 11 is 11.3. The Morgan fingerprint density at radius 3 is 2.93 bits per heavy atom. The minimum Gasteiger partial charge on any atom is -0.477 e. The van der Waals surface area contributed by atoms with Crippen LogP contribution in [-0.2, 0) is 25.0 Å². The number of thioether (sulfide) groups is 3. The predicted octanol–water partition coefficient (Wildman–Crippen LogP) is 2.56. The van der Waals surface area contributed by atoms with Gasteiger partial charge in [0, 0.05) is 39.5 Å². The van der Waals surface area contributed by atoms with Gasteiger partial charge in [0.1, 0.15) is 40.4 Å². The lowest BCUT2D eigenvalue weighted by Gasteiger charge is -2.49. The summed E-state index contributed by atoms with van der Waals surface area (Å²) in [6.45, 7) is 0.677. The molecule has 2 aliphatic heterocycles. The molecule has 0 bridgehead atoms. The lowest BCUT2D eigenvalue weighted by atomic mass is 10.0. The first-order valence-electron chi connectivity index (χ1n) is 12.5. The maximum atomic E-state index is 13.2. The molecule has 230 valence electrons. The van der Waals surface area contributed by atoms with E-state index in [1.165, 1.54) is 29.9 Å². The molecule has 6 N–H and O–H groups in total. The Kier molecular flexibility index (Phi) is 11.5. The topological polar surface area (TPSA) is 198 Å². The van der Waals surface area contributed by atoms with Crippen LogP contribution in [0, 0.1) is 0 Å². The Labute approximate surface area is 267 Å². The summed E-state index contributed by atoms with van der Waals surface area (Å²) in [6, 6.07) is 0.780. The smallest absolute Gasteiger partial charge is 0.353 e. The summed E-state index contributed by atoms with van der Waals surface area (Å²) in [4.78, 5) is 58.4. The highest BCUT2D eigenvalue weighted by atomic mass is 35.5. The van der Waals surface area contributed by atoms with Crippen molar-refractivity contribution in [1.82, 2.24) is 20.2 Å². The zero-order valence-corrected chi connectivity index (χ0v) is 26.5. The number of aliphatic imine (C=N–C) groups is 1. The lowest BCUT2D eigenvalue weighted by molar-refractivity contribution is -0.150. The van der Waals surface area contributed by atoms with Gasteiger partial charge in [0.05, 0.1) is 12.4 Å². The second-order valence-electron chi connectivity index (χ2n) is 8.82. The highest BCUT2D eigenvalue weighted by molar-refractivity contribution is 8.06. The van der Waals surface area contributed by atoms with Crippen molar-refractivity contribution in [2.75, 3.05) is 30.5 Å². The van der Waals surface area contributed by atoms with Crippen LogP contribution in [-0.4, -0.2) is 92.1 Å². The van der Waals surface area contributed by atoms with Crippen molar-refractivity contribution in [1.29, 1.82) is 0 Å². The van der Waals surface area contributed by atoms with Crippen molar-refractivity contribution in [3.63, 3.8) is 0 Å². The summed E-state index contributed by atoms with van der Waals surface area (Å²) in [7, 11) is 0. The number of β-lactam (4-membered cyclic amide) rings is 1. The molecule has 0 spiro atoms. The molecule has 43 heavy (non-hydrogen) atoms. The highest BCUT2D eigenvalue weighted by Gasteiger charge is 2.54. The van der Waals surface area contributed by atoms with Crippen LogP contribution in [0.5, 0.6) is 0 Å². The van der Waals surface area contributed by atoms with Crippen molar-refractivity contribution >= 4 is 93.2 Å². The Morgan fingerprint density at radius 2 is 2.26 bits per heavy atom. The first-order valence-corrected chi connectivity index (χ1v) is 16.7. The van der Waals surface area contributed by atoms with E-state index in [4.69, 9.17) is 27.9 Å². The Hall–Kier alpha value is -3.06. The van der Waals surface area contributed by atoms with Crippen LogP contribution in [0.3, 0.4) is 0 Å². The highest BCUT2D eigenvalue weighted by Crippen LogP contribution is 2.46. The van der Waals surface area contributed by atoms with E-state index >= 15 is 0 Å². The number of nitrogens with zero attached hydrogens (tertiary/aromatic N) is 5. The van der Waals surface area contributed by atoms with Crippen LogP contribution >= 0.6 is 58.2 Å². The molecule has 1 unspecified atom stereocenters. The number of fused-ring (bicyclic) bond motifs is 1. The van der Waals surface area contributed by atoms with E-state index in [2.05, 4.69) is 25.4 Å². The molecule has 13 nitrogen and oxygen atoms in total. The quantitative estimate of drug-likeness (QED) is 0.0745. The van der Waals surface area contributed by atoms with Gasteiger partial charge in [0.25, 0.3) is 11.8 Å². The summed E-state index contributed by atoms with van der Waals surface area (Å²) in [5, 5.41) is 15.7. The van der Waals surface area contributed by atoms with Gasteiger partial charge in [-0.25, -0.2) is 14.2 Å². The molecule has 3 atom stereocenters. The van der Waals surface area contributed by atoms with Gasteiger partial charge in [-0.2, -0.15) is 11.8 Å². The molecule has 2 aromatic heterocycles. The second kappa shape index (κ2) is 15.1. The number of thiazole rings is 1. The SMILES string of the molecule is CC(CSCc1cnccc1SC1=C(C(=O)O)N2C(=O)[C@@H](NC(=O)C(=NOCCF)c3nc(N)sc3Cl)[C@@H]2SC1)N=CN. The number of nitrogen functional groups attached to an aromatic ring is 1. The number of nitrogens with two attached hydrogens (primary N) is 2. The van der Waals surface area contributed by atoms with Gasteiger partial charge in [-0.05, 0) is 18.6 Å². The number of carbonyl (C=O) groups is 3. The number of carboxylic acids is 1. The van der Waals surface area contributed by atoms with Crippen molar-refractivity contribution < 1.29 is 28.7 Å². The van der Waals surface area contributed by atoms with E-state index in [0.29, 0.717) is 10.7 Å². The average Bonchev–Trinajstić information content (AvgIpc) is 3.31. The van der Waals surface area contributed by atoms with E-state index in [-0.39, 0.29) is 32.7 Å². The first-order chi connectivity index (χ1) is 20.7. The molecule has 1 saturated heterocycles. The number of halogens is 2. The van der Waals surface area contributed by atoms with Crippen LogP contribution in [0.2, 0.25) is 4.34 Å². The third kappa shape index (κ3) is 7.72. The number of nitrogens with one attached hydrogen (secondary N) is 1. The molecule has 1 fully saturated rings. The number of alkyl halides is 1. The Morgan fingerprint density at radius 1 is 1.47 bits per heavy atom. The van der Waals surface area contributed by atoms with Gasteiger partial charge in [-0.3, -0.25) is 24.5 Å². The molecule has 2 aliphatic rings. The number of anilines is 1. The van der Waals surface area contributed by atoms with Gasteiger partial charge in [-0.1, -0.05) is 39.9 Å². The van der Waals surface area contributed by atoms with E-state index in [9.17, 15) is 23.9 Å². The standard InChI is InChI=1S/C24H26ClFN8O5S4/c1-11(30-10-27)7-40-8-12-6-29-4-2-13(12)42-14-9-41-22-17(21(36)34(22)18(14)23(37)38)31-20(35)16(33-39-5-3-26)15-19(25)43-24(28)32-15/h2,4,6,10-11,17,22H,3,5,7-9H2,1H3,(H2,27,30)(H2,28,32)(H,31,35)(H,37,38)/t11?,17-,22+/m1/s1. The number of aromatic nitrogens is 2. The first kappa shape index (κ1) is 32.8. The van der Waals surface area contributed by atoms with E-state index in [1.807, 2.05) is 6.92 Å². The molecule has 0 radical (unpaired) electrons. The zero-order chi connectivity index (χ0) is 31.1. The number of rotatable bonds is 14. The van der Waals surface area contributed by atoms with Crippen LogP contribution in [0.4, 0.5) is 9.52 Å². The average molecular weight is 689 g/mol. The molecule has 2 amide bonds. The summed E-state index contributed by atoms with van der Waals surface area (Å²) in [5.74, 6) is -1.12. The molecular weight excluding hydrogens is 663 g/mol. The molecule has 2 aromatic rings. The van der Waals surface area contributed by atoms with E-state index in [0.717, 1.165) is 32.4 Å².